The summed E-state index contributed by atoms with van der Waals surface area (Å²) < 4.78 is 6.23. The highest BCUT2D eigenvalue weighted by atomic mass is 127. The van der Waals surface area contributed by atoms with Crippen molar-refractivity contribution in [3.05, 3.63) is 56.7 Å². The molecule has 0 spiro atoms. The van der Waals surface area contributed by atoms with Crippen molar-refractivity contribution < 1.29 is 14.6 Å². The molecule has 0 aliphatic rings. The predicted molar refractivity (Wildman–Crippen MR) is 103 cm³/mol. The zero-order valence-electron chi connectivity index (χ0n) is 13.5. The minimum atomic E-state index is -0.334. The van der Waals surface area contributed by atoms with Gasteiger partial charge in [0.15, 0.2) is 6.61 Å². The molecule has 0 saturated heterocycles. The molecule has 0 bridgehead atoms. The number of aryl methyl sites for hydroxylation is 2. The summed E-state index contributed by atoms with van der Waals surface area (Å²) in [4.78, 5) is 11.8. The molecule has 2 aromatic carbocycles. The molecule has 1 amide bonds. The smallest absolute Gasteiger partial charge is 0.277 e. The average molecular weight is 438 g/mol. The number of halogens is 1. The Labute approximate surface area is 154 Å². The van der Waals surface area contributed by atoms with Crippen LogP contribution < -0.4 is 10.2 Å². The molecule has 0 aliphatic carbocycles. The number of aromatic hydroxyl groups is 1. The second kappa shape index (κ2) is 8.68. The Morgan fingerprint density at radius 1 is 1.33 bits per heavy atom. The van der Waals surface area contributed by atoms with Crippen molar-refractivity contribution in [2.75, 3.05) is 6.61 Å². The minimum Gasteiger partial charge on any atom is -0.507 e. The molecule has 0 aromatic heterocycles. The number of rotatable bonds is 6. The molecule has 0 heterocycles. The van der Waals surface area contributed by atoms with Gasteiger partial charge in [-0.05, 0) is 83.0 Å². The number of carbonyl (C=O) groups excluding carboxylic acids is 1. The van der Waals surface area contributed by atoms with Crippen LogP contribution in [0.15, 0.2) is 41.5 Å². The molecule has 24 heavy (non-hydrogen) atoms. The van der Waals surface area contributed by atoms with Gasteiger partial charge >= 0.3 is 0 Å². The third-order valence-corrected chi connectivity index (χ3v) is 4.13. The van der Waals surface area contributed by atoms with E-state index in [0.717, 1.165) is 21.1 Å². The summed E-state index contributed by atoms with van der Waals surface area (Å²) in [5.41, 5.74) is 5.47. The van der Waals surface area contributed by atoms with Gasteiger partial charge in [0.25, 0.3) is 5.91 Å². The van der Waals surface area contributed by atoms with Crippen LogP contribution in [0.3, 0.4) is 0 Å². The van der Waals surface area contributed by atoms with E-state index in [1.807, 2.05) is 41.6 Å². The summed E-state index contributed by atoms with van der Waals surface area (Å²) in [6, 6.07) is 11.0. The lowest BCUT2D eigenvalue weighted by Crippen LogP contribution is -2.24. The van der Waals surface area contributed by atoms with Gasteiger partial charge in [0.05, 0.1) is 9.78 Å². The van der Waals surface area contributed by atoms with Crippen molar-refractivity contribution >= 4 is 34.7 Å². The molecule has 6 heteroatoms. The monoisotopic (exact) mass is 438 g/mol. The van der Waals surface area contributed by atoms with Crippen molar-refractivity contribution in [3.8, 4) is 11.5 Å². The van der Waals surface area contributed by atoms with Crippen LogP contribution in [-0.4, -0.2) is 23.8 Å². The summed E-state index contributed by atoms with van der Waals surface area (Å²) in [6.07, 6.45) is 2.43. The molecule has 5 nitrogen and oxygen atoms in total. The van der Waals surface area contributed by atoms with E-state index in [0.29, 0.717) is 5.75 Å². The largest absolute Gasteiger partial charge is 0.507 e. The number of ether oxygens (including phenoxy) is 1. The normalized spacial score (nSPS) is 10.8. The number of hydrazone groups is 1. The summed E-state index contributed by atoms with van der Waals surface area (Å²) in [7, 11) is 0. The maximum atomic E-state index is 11.8. The molecule has 2 aromatic rings. The first-order chi connectivity index (χ1) is 11.5. The zero-order chi connectivity index (χ0) is 17.5. The van der Waals surface area contributed by atoms with Gasteiger partial charge in [0.2, 0.25) is 0 Å². The van der Waals surface area contributed by atoms with E-state index in [1.165, 1.54) is 11.8 Å². The number of benzene rings is 2. The Balaban J connectivity index is 1.86. The molecule has 0 aliphatic heterocycles. The van der Waals surface area contributed by atoms with Gasteiger partial charge in [0.1, 0.15) is 11.5 Å². The molecule has 0 saturated carbocycles. The molecule has 2 N–H and O–H groups in total. The Morgan fingerprint density at radius 3 is 2.83 bits per heavy atom. The van der Waals surface area contributed by atoms with E-state index in [-0.39, 0.29) is 18.3 Å². The number of nitrogens with zero attached hydrogens (tertiary/aromatic N) is 1. The number of amides is 1. The molecule has 0 atom stereocenters. The van der Waals surface area contributed by atoms with Gasteiger partial charge in [-0.25, -0.2) is 5.43 Å². The predicted octanol–water partition coefficient (Wildman–Crippen LogP) is 3.40. The Bertz CT molecular complexity index is 760. The second-order valence-corrected chi connectivity index (χ2v) is 6.46. The standard InChI is InChI=1S/C18H19IN2O3/c1-3-13-6-12(2)7-15(8-13)24-11-18(23)21-20-10-14-4-5-17(22)16(19)9-14/h4-10,22H,3,11H2,1-2H3,(H,21,23)/b20-10+. The molecule has 2 rings (SSSR count). The van der Waals surface area contributed by atoms with E-state index in [1.54, 1.807) is 18.2 Å². The molecule has 0 fully saturated rings. The highest BCUT2D eigenvalue weighted by molar-refractivity contribution is 14.1. The van der Waals surface area contributed by atoms with Crippen LogP contribution in [0.25, 0.3) is 0 Å². The van der Waals surface area contributed by atoms with Crippen LogP contribution >= 0.6 is 22.6 Å². The topological polar surface area (TPSA) is 70.9 Å². The van der Waals surface area contributed by atoms with E-state index >= 15 is 0 Å². The Morgan fingerprint density at radius 2 is 2.12 bits per heavy atom. The zero-order valence-corrected chi connectivity index (χ0v) is 15.7. The average Bonchev–Trinajstić information content (AvgIpc) is 2.55. The lowest BCUT2D eigenvalue weighted by Gasteiger charge is -2.08. The fourth-order valence-electron chi connectivity index (χ4n) is 2.08. The van der Waals surface area contributed by atoms with E-state index in [9.17, 15) is 9.90 Å². The van der Waals surface area contributed by atoms with Gasteiger partial charge in [-0.3, -0.25) is 4.79 Å². The van der Waals surface area contributed by atoms with Crippen molar-refractivity contribution in [3.63, 3.8) is 0 Å². The first kappa shape index (κ1) is 18.3. The Kier molecular flexibility index (Phi) is 6.60. The van der Waals surface area contributed by atoms with Crippen LogP contribution in [0.1, 0.15) is 23.6 Å². The first-order valence-electron chi connectivity index (χ1n) is 7.51. The molecular weight excluding hydrogens is 419 g/mol. The van der Waals surface area contributed by atoms with Crippen LogP contribution in [0.4, 0.5) is 0 Å². The fourth-order valence-corrected chi connectivity index (χ4v) is 2.61. The van der Waals surface area contributed by atoms with Crippen LogP contribution in [-0.2, 0) is 11.2 Å². The number of hydrogen-bond acceptors (Lipinski definition) is 4. The number of carbonyl (C=O) groups is 1. The van der Waals surface area contributed by atoms with E-state index in [2.05, 4.69) is 23.5 Å². The molecule has 0 unspecified atom stereocenters. The van der Waals surface area contributed by atoms with Crippen LogP contribution in [0.5, 0.6) is 11.5 Å². The fraction of sp³-hybridized carbons (Fsp3) is 0.222. The molecule has 0 radical (unpaired) electrons. The maximum Gasteiger partial charge on any atom is 0.277 e. The third-order valence-electron chi connectivity index (χ3n) is 3.26. The van der Waals surface area contributed by atoms with Crippen LogP contribution in [0, 0.1) is 10.5 Å². The highest BCUT2D eigenvalue weighted by Crippen LogP contribution is 2.19. The highest BCUT2D eigenvalue weighted by Gasteiger charge is 2.03. The second-order valence-electron chi connectivity index (χ2n) is 5.30. The lowest BCUT2D eigenvalue weighted by atomic mass is 10.1. The minimum absolute atomic E-state index is 0.100. The lowest BCUT2D eigenvalue weighted by molar-refractivity contribution is -0.123. The van der Waals surface area contributed by atoms with Crippen LogP contribution in [0.2, 0.25) is 0 Å². The number of hydrogen-bond donors (Lipinski definition) is 2. The van der Waals surface area contributed by atoms with Crippen molar-refractivity contribution in [2.24, 2.45) is 5.10 Å². The van der Waals surface area contributed by atoms with E-state index in [4.69, 9.17) is 4.74 Å². The van der Waals surface area contributed by atoms with Crippen molar-refractivity contribution in [1.82, 2.24) is 5.43 Å². The summed E-state index contributed by atoms with van der Waals surface area (Å²) in [6.45, 7) is 3.97. The maximum absolute atomic E-state index is 11.8. The molecular formula is C18H19IN2O3. The quantitative estimate of drug-likeness (QED) is 0.413. The summed E-state index contributed by atoms with van der Waals surface area (Å²) in [5.74, 6) is 0.563. The third kappa shape index (κ3) is 5.52. The SMILES string of the molecule is CCc1cc(C)cc(OCC(=O)N/N=C/c2ccc(O)c(I)c2)c1. The van der Waals surface area contributed by atoms with Crippen molar-refractivity contribution in [2.45, 2.75) is 20.3 Å². The summed E-state index contributed by atoms with van der Waals surface area (Å²) in [5, 5.41) is 13.3. The van der Waals surface area contributed by atoms with Crippen molar-refractivity contribution in [1.29, 1.82) is 0 Å². The van der Waals surface area contributed by atoms with Gasteiger partial charge in [0, 0.05) is 0 Å². The van der Waals surface area contributed by atoms with Gasteiger partial charge < -0.3 is 9.84 Å². The van der Waals surface area contributed by atoms with E-state index < -0.39 is 0 Å². The number of nitrogens with one attached hydrogen (secondary N) is 1. The van der Waals surface area contributed by atoms with Gasteiger partial charge in [-0.1, -0.05) is 13.0 Å². The van der Waals surface area contributed by atoms with Gasteiger partial charge in [-0.2, -0.15) is 5.10 Å². The molecule has 126 valence electrons. The Hall–Kier alpha value is -2.09. The first-order valence-corrected chi connectivity index (χ1v) is 8.59. The summed E-state index contributed by atoms with van der Waals surface area (Å²) >= 11 is 2.02. The number of phenols is 1. The number of phenolic OH excluding ortho intramolecular Hbond substituents is 1. The van der Waals surface area contributed by atoms with Gasteiger partial charge in [-0.15, -0.1) is 0 Å².